The molecule has 1 N–H and O–H groups in total. The molecule has 0 saturated heterocycles. The number of hydrogen-bond acceptors (Lipinski definition) is 3. The van der Waals surface area contributed by atoms with Crippen molar-refractivity contribution >= 4 is 0 Å². The third-order valence-corrected chi connectivity index (χ3v) is 7.28. The SMILES string of the molecule is C=CCOc1ccc(CNC(C)C23CC4CC(CC(C4)C2)C3)cc1OCC. The zero-order valence-corrected chi connectivity index (χ0v) is 17.0. The van der Waals surface area contributed by atoms with E-state index in [-0.39, 0.29) is 0 Å². The highest BCUT2D eigenvalue weighted by Gasteiger charge is 2.52. The van der Waals surface area contributed by atoms with E-state index in [9.17, 15) is 0 Å². The Labute approximate surface area is 164 Å². The maximum absolute atomic E-state index is 5.79. The lowest BCUT2D eigenvalue weighted by atomic mass is 9.48. The molecule has 4 fully saturated rings. The predicted octanol–water partition coefficient (Wildman–Crippen LogP) is 5.34. The summed E-state index contributed by atoms with van der Waals surface area (Å²) in [6, 6.07) is 6.89. The summed E-state index contributed by atoms with van der Waals surface area (Å²) in [7, 11) is 0. The molecule has 5 rings (SSSR count). The van der Waals surface area contributed by atoms with Crippen LogP contribution in [0.15, 0.2) is 30.9 Å². The zero-order chi connectivity index (χ0) is 18.9. The Morgan fingerprint density at radius 1 is 1.11 bits per heavy atom. The van der Waals surface area contributed by atoms with Gasteiger partial charge in [0.15, 0.2) is 11.5 Å². The zero-order valence-electron chi connectivity index (χ0n) is 17.0. The van der Waals surface area contributed by atoms with E-state index in [0.29, 0.717) is 24.7 Å². The standard InChI is InChI=1S/C24H35NO2/c1-4-8-27-22-7-6-18(12-23(22)26-5-2)16-25-17(3)24-13-19-9-20(14-24)11-21(10-19)15-24/h4,6-7,12,17,19-21,25H,1,5,8-11,13-16H2,2-3H3. The average molecular weight is 370 g/mol. The van der Waals surface area contributed by atoms with Crippen molar-refractivity contribution in [3.8, 4) is 11.5 Å². The van der Waals surface area contributed by atoms with Crippen LogP contribution in [0.25, 0.3) is 0 Å². The molecule has 3 nitrogen and oxygen atoms in total. The number of nitrogens with one attached hydrogen (secondary N) is 1. The van der Waals surface area contributed by atoms with Crippen LogP contribution in [0.1, 0.15) is 57.9 Å². The minimum atomic E-state index is 0.501. The van der Waals surface area contributed by atoms with Gasteiger partial charge in [-0.3, -0.25) is 0 Å². The molecule has 1 unspecified atom stereocenters. The van der Waals surface area contributed by atoms with E-state index >= 15 is 0 Å². The molecule has 4 saturated carbocycles. The molecular weight excluding hydrogens is 334 g/mol. The van der Waals surface area contributed by atoms with Crippen molar-refractivity contribution in [2.24, 2.45) is 23.2 Å². The minimum absolute atomic E-state index is 0.501. The summed E-state index contributed by atoms with van der Waals surface area (Å²) in [5.74, 6) is 4.65. The first-order valence-corrected chi connectivity index (χ1v) is 10.8. The molecule has 1 atom stereocenters. The summed E-state index contributed by atoms with van der Waals surface area (Å²) in [5.41, 5.74) is 1.81. The highest BCUT2D eigenvalue weighted by molar-refractivity contribution is 5.43. The van der Waals surface area contributed by atoms with E-state index < -0.39 is 0 Å². The molecule has 4 aliphatic carbocycles. The van der Waals surface area contributed by atoms with Gasteiger partial charge in [0.2, 0.25) is 0 Å². The van der Waals surface area contributed by atoms with Gasteiger partial charge in [0.1, 0.15) is 6.61 Å². The quantitative estimate of drug-likeness (QED) is 0.596. The predicted molar refractivity (Wildman–Crippen MR) is 110 cm³/mol. The van der Waals surface area contributed by atoms with E-state index in [0.717, 1.165) is 35.8 Å². The Kier molecular flexibility index (Phi) is 5.50. The second-order valence-corrected chi connectivity index (χ2v) is 9.20. The van der Waals surface area contributed by atoms with Crippen LogP contribution in [-0.4, -0.2) is 19.3 Å². The summed E-state index contributed by atoms with van der Waals surface area (Å²) in [6.07, 6.45) is 10.6. The monoisotopic (exact) mass is 369 g/mol. The molecule has 0 spiro atoms. The van der Waals surface area contributed by atoms with Crippen LogP contribution in [0, 0.1) is 23.2 Å². The first kappa shape index (κ1) is 18.9. The molecular formula is C24H35NO2. The second kappa shape index (κ2) is 7.87. The fraction of sp³-hybridized carbons (Fsp3) is 0.667. The average Bonchev–Trinajstić information content (AvgIpc) is 2.64. The van der Waals surface area contributed by atoms with Crippen LogP contribution in [0.2, 0.25) is 0 Å². The normalized spacial score (nSPS) is 32.3. The Bertz CT molecular complexity index is 633. The minimum Gasteiger partial charge on any atom is -0.490 e. The maximum atomic E-state index is 5.79. The summed E-state index contributed by atoms with van der Waals surface area (Å²) in [5, 5.41) is 3.88. The van der Waals surface area contributed by atoms with Gasteiger partial charge in [-0.1, -0.05) is 18.7 Å². The molecule has 3 heteroatoms. The van der Waals surface area contributed by atoms with Gasteiger partial charge in [-0.25, -0.2) is 0 Å². The van der Waals surface area contributed by atoms with Crippen LogP contribution in [0.4, 0.5) is 0 Å². The number of rotatable bonds is 9. The van der Waals surface area contributed by atoms with Gasteiger partial charge >= 0.3 is 0 Å². The van der Waals surface area contributed by atoms with Crippen molar-refractivity contribution in [3.05, 3.63) is 36.4 Å². The lowest BCUT2D eigenvalue weighted by molar-refractivity contribution is -0.0706. The number of ether oxygens (including phenoxy) is 2. The third-order valence-electron chi connectivity index (χ3n) is 7.28. The number of benzene rings is 1. The molecule has 0 heterocycles. The molecule has 1 aromatic carbocycles. The largest absolute Gasteiger partial charge is 0.490 e. The van der Waals surface area contributed by atoms with Crippen LogP contribution in [0.3, 0.4) is 0 Å². The first-order valence-electron chi connectivity index (χ1n) is 10.8. The Morgan fingerprint density at radius 2 is 1.78 bits per heavy atom. The smallest absolute Gasteiger partial charge is 0.161 e. The van der Waals surface area contributed by atoms with Crippen molar-refractivity contribution in [1.29, 1.82) is 0 Å². The highest BCUT2D eigenvalue weighted by Crippen LogP contribution is 2.61. The molecule has 0 amide bonds. The van der Waals surface area contributed by atoms with E-state index in [2.05, 4.69) is 31.0 Å². The van der Waals surface area contributed by atoms with Gasteiger partial charge in [-0.15, -0.1) is 0 Å². The van der Waals surface area contributed by atoms with E-state index in [1.807, 2.05) is 13.0 Å². The maximum Gasteiger partial charge on any atom is 0.161 e. The van der Waals surface area contributed by atoms with Crippen LogP contribution < -0.4 is 14.8 Å². The van der Waals surface area contributed by atoms with Crippen molar-refractivity contribution in [3.63, 3.8) is 0 Å². The van der Waals surface area contributed by atoms with Gasteiger partial charge < -0.3 is 14.8 Å². The van der Waals surface area contributed by atoms with Crippen LogP contribution in [-0.2, 0) is 6.54 Å². The second-order valence-electron chi connectivity index (χ2n) is 9.20. The highest BCUT2D eigenvalue weighted by atomic mass is 16.5. The topological polar surface area (TPSA) is 30.5 Å². The molecule has 27 heavy (non-hydrogen) atoms. The van der Waals surface area contributed by atoms with Gasteiger partial charge in [0.25, 0.3) is 0 Å². The fourth-order valence-corrected chi connectivity index (χ4v) is 6.39. The Morgan fingerprint density at radius 3 is 2.37 bits per heavy atom. The molecule has 148 valence electrons. The van der Waals surface area contributed by atoms with Crippen molar-refractivity contribution < 1.29 is 9.47 Å². The fourth-order valence-electron chi connectivity index (χ4n) is 6.39. The first-order chi connectivity index (χ1) is 13.1. The molecule has 0 aliphatic heterocycles. The van der Waals surface area contributed by atoms with Gasteiger partial charge in [-0.05, 0) is 93.2 Å². The number of hydrogen-bond donors (Lipinski definition) is 1. The van der Waals surface area contributed by atoms with Crippen molar-refractivity contribution in [2.45, 2.75) is 65.0 Å². The van der Waals surface area contributed by atoms with Gasteiger partial charge in [-0.2, -0.15) is 0 Å². The lowest BCUT2D eigenvalue weighted by Gasteiger charge is -2.59. The third kappa shape index (κ3) is 3.89. The summed E-state index contributed by atoms with van der Waals surface area (Å²) >= 11 is 0. The van der Waals surface area contributed by atoms with Crippen LogP contribution in [0.5, 0.6) is 11.5 Å². The van der Waals surface area contributed by atoms with Gasteiger partial charge in [0.05, 0.1) is 6.61 Å². The van der Waals surface area contributed by atoms with E-state index in [1.54, 1.807) is 6.08 Å². The van der Waals surface area contributed by atoms with Crippen LogP contribution >= 0.6 is 0 Å². The van der Waals surface area contributed by atoms with Crippen molar-refractivity contribution in [2.75, 3.05) is 13.2 Å². The molecule has 4 bridgehead atoms. The van der Waals surface area contributed by atoms with Crippen molar-refractivity contribution in [1.82, 2.24) is 5.32 Å². The molecule has 4 aliphatic rings. The molecule has 0 radical (unpaired) electrons. The molecule has 1 aromatic rings. The summed E-state index contributed by atoms with van der Waals surface area (Å²) < 4.78 is 11.5. The lowest BCUT2D eigenvalue weighted by Crippen LogP contribution is -2.54. The van der Waals surface area contributed by atoms with E-state index in [4.69, 9.17) is 9.47 Å². The Balaban J connectivity index is 1.40. The summed E-state index contributed by atoms with van der Waals surface area (Å²) in [6.45, 7) is 10.2. The summed E-state index contributed by atoms with van der Waals surface area (Å²) in [4.78, 5) is 0. The molecule has 0 aromatic heterocycles. The van der Waals surface area contributed by atoms with Gasteiger partial charge in [0, 0.05) is 12.6 Å². The Hall–Kier alpha value is -1.48. The van der Waals surface area contributed by atoms with E-state index in [1.165, 1.54) is 44.1 Å².